The Labute approximate surface area is 124 Å². The molecule has 1 aromatic heterocycles. The second-order valence-corrected chi connectivity index (χ2v) is 4.93. The van der Waals surface area contributed by atoms with Crippen LogP contribution in [0.25, 0.3) is 5.69 Å². The molecule has 0 aliphatic carbocycles. The Balaban J connectivity index is 2.35. The molecular weight excluding hydrogens is 270 g/mol. The summed E-state index contributed by atoms with van der Waals surface area (Å²) in [6, 6.07) is 9.87. The van der Waals surface area contributed by atoms with Crippen LogP contribution in [0.3, 0.4) is 0 Å². The zero-order valence-electron chi connectivity index (χ0n) is 11.5. The molecule has 0 unspecified atom stereocenters. The average Bonchev–Trinajstić information content (AvgIpc) is 2.90. The van der Waals surface area contributed by atoms with Gasteiger partial charge in [0.25, 0.3) is 5.91 Å². The van der Waals surface area contributed by atoms with Gasteiger partial charge in [0.05, 0.1) is 23.1 Å². The number of nitrogens with zero attached hydrogens (tertiary/aromatic N) is 2. The molecule has 0 saturated heterocycles. The average molecular weight is 289 g/mol. The van der Waals surface area contributed by atoms with E-state index in [0.29, 0.717) is 17.9 Å². The molecule has 0 atom stereocenters. The van der Waals surface area contributed by atoms with Crippen LogP contribution in [0.15, 0.2) is 36.5 Å². The van der Waals surface area contributed by atoms with Gasteiger partial charge in [-0.05, 0) is 18.6 Å². The van der Waals surface area contributed by atoms with Gasteiger partial charge in [-0.1, -0.05) is 31.5 Å². The minimum Gasteiger partial charge on any atom is -0.351 e. The summed E-state index contributed by atoms with van der Waals surface area (Å²) in [7, 11) is 0. The van der Waals surface area contributed by atoms with Crippen molar-refractivity contribution in [2.45, 2.75) is 19.8 Å². The Morgan fingerprint density at radius 2 is 2.10 bits per heavy atom. The van der Waals surface area contributed by atoms with Crippen molar-refractivity contribution in [2.24, 2.45) is 0 Å². The molecule has 2 aromatic rings. The summed E-state index contributed by atoms with van der Waals surface area (Å²) in [6.07, 6.45) is 3.43. The van der Waals surface area contributed by atoms with Crippen LogP contribution >= 0.6 is 12.6 Å². The SMILES string of the molecule is CCCc1c(C(=O)NCCS)cnn1-c1ccccc1. The van der Waals surface area contributed by atoms with Gasteiger partial charge in [0.2, 0.25) is 0 Å². The van der Waals surface area contributed by atoms with Gasteiger partial charge in [-0.15, -0.1) is 0 Å². The van der Waals surface area contributed by atoms with E-state index in [0.717, 1.165) is 24.2 Å². The Hall–Kier alpha value is -1.75. The second kappa shape index (κ2) is 7.14. The maximum atomic E-state index is 12.1. The van der Waals surface area contributed by atoms with Gasteiger partial charge >= 0.3 is 0 Å². The van der Waals surface area contributed by atoms with Gasteiger partial charge in [0.1, 0.15) is 0 Å². The van der Waals surface area contributed by atoms with Crippen LogP contribution in [0.1, 0.15) is 29.4 Å². The third-order valence-electron chi connectivity index (χ3n) is 3.00. The molecule has 1 aromatic carbocycles. The highest BCUT2D eigenvalue weighted by Gasteiger charge is 2.17. The molecular formula is C15H19N3OS. The highest BCUT2D eigenvalue weighted by molar-refractivity contribution is 7.80. The quantitative estimate of drug-likeness (QED) is 0.803. The molecule has 2 rings (SSSR count). The summed E-state index contributed by atoms with van der Waals surface area (Å²) in [5, 5.41) is 7.21. The van der Waals surface area contributed by atoms with Gasteiger partial charge in [0.15, 0.2) is 0 Å². The van der Waals surface area contributed by atoms with Crippen LogP contribution < -0.4 is 5.32 Å². The Kier molecular flexibility index (Phi) is 5.24. The molecule has 4 nitrogen and oxygen atoms in total. The van der Waals surface area contributed by atoms with E-state index >= 15 is 0 Å². The van der Waals surface area contributed by atoms with Crippen molar-refractivity contribution in [3.8, 4) is 5.69 Å². The fraction of sp³-hybridized carbons (Fsp3) is 0.333. The van der Waals surface area contributed by atoms with Crippen molar-refractivity contribution < 1.29 is 4.79 Å². The maximum absolute atomic E-state index is 12.1. The summed E-state index contributed by atoms with van der Waals surface area (Å²) < 4.78 is 1.85. The first-order valence-electron chi connectivity index (χ1n) is 6.79. The predicted octanol–water partition coefficient (Wildman–Crippen LogP) is 2.48. The van der Waals surface area contributed by atoms with Crippen molar-refractivity contribution in [1.82, 2.24) is 15.1 Å². The van der Waals surface area contributed by atoms with E-state index in [4.69, 9.17) is 0 Å². The first-order chi connectivity index (χ1) is 9.77. The van der Waals surface area contributed by atoms with E-state index in [-0.39, 0.29) is 5.91 Å². The van der Waals surface area contributed by atoms with Crippen molar-refractivity contribution >= 4 is 18.5 Å². The first-order valence-corrected chi connectivity index (χ1v) is 7.42. The lowest BCUT2D eigenvalue weighted by atomic mass is 10.1. The Bertz CT molecular complexity index is 566. The summed E-state index contributed by atoms with van der Waals surface area (Å²) in [6.45, 7) is 2.65. The summed E-state index contributed by atoms with van der Waals surface area (Å²) >= 11 is 4.10. The minimum atomic E-state index is -0.0790. The van der Waals surface area contributed by atoms with Gasteiger partial charge in [-0.25, -0.2) is 4.68 Å². The van der Waals surface area contributed by atoms with Crippen molar-refractivity contribution in [3.05, 3.63) is 47.8 Å². The minimum absolute atomic E-state index is 0.0790. The molecule has 0 radical (unpaired) electrons. The smallest absolute Gasteiger partial charge is 0.254 e. The summed E-state index contributed by atoms with van der Waals surface area (Å²) in [4.78, 5) is 12.1. The number of aromatic nitrogens is 2. The number of carbonyl (C=O) groups is 1. The second-order valence-electron chi connectivity index (χ2n) is 4.48. The third-order valence-corrected chi connectivity index (χ3v) is 3.22. The van der Waals surface area contributed by atoms with E-state index in [9.17, 15) is 4.79 Å². The van der Waals surface area contributed by atoms with Gasteiger partial charge < -0.3 is 5.32 Å². The molecule has 1 N–H and O–H groups in total. The standard InChI is InChI=1S/C15H19N3OS/c1-2-6-14-13(15(19)16-9-10-20)11-17-18(14)12-7-4-3-5-8-12/h3-5,7-8,11,20H,2,6,9-10H2,1H3,(H,16,19). The van der Waals surface area contributed by atoms with Crippen molar-refractivity contribution in [2.75, 3.05) is 12.3 Å². The molecule has 20 heavy (non-hydrogen) atoms. The van der Waals surface area contributed by atoms with E-state index in [1.165, 1.54) is 0 Å². The van der Waals surface area contributed by atoms with Gasteiger partial charge in [-0.3, -0.25) is 4.79 Å². The predicted molar refractivity (Wildman–Crippen MR) is 83.7 cm³/mol. The zero-order chi connectivity index (χ0) is 14.4. The molecule has 0 aliphatic rings. The number of carbonyl (C=O) groups excluding carboxylic acids is 1. The molecule has 106 valence electrons. The van der Waals surface area contributed by atoms with E-state index in [2.05, 4.69) is 30.0 Å². The largest absolute Gasteiger partial charge is 0.351 e. The number of hydrogen-bond donors (Lipinski definition) is 2. The highest BCUT2D eigenvalue weighted by atomic mass is 32.1. The molecule has 0 bridgehead atoms. The molecule has 0 spiro atoms. The Morgan fingerprint density at radius 1 is 1.35 bits per heavy atom. The van der Waals surface area contributed by atoms with E-state index < -0.39 is 0 Å². The number of hydrogen-bond acceptors (Lipinski definition) is 3. The highest BCUT2D eigenvalue weighted by Crippen LogP contribution is 2.16. The summed E-state index contributed by atoms with van der Waals surface area (Å²) in [5.74, 6) is 0.548. The lowest BCUT2D eigenvalue weighted by molar-refractivity contribution is 0.0955. The number of nitrogens with one attached hydrogen (secondary N) is 1. The van der Waals surface area contributed by atoms with Gasteiger partial charge in [-0.2, -0.15) is 17.7 Å². The van der Waals surface area contributed by atoms with E-state index in [1.54, 1.807) is 6.20 Å². The normalized spacial score (nSPS) is 10.5. The van der Waals surface area contributed by atoms with Crippen LogP contribution in [-0.2, 0) is 6.42 Å². The fourth-order valence-electron chi connectivity index (χ4n) is 2.10. The monoisotopic (exact) mass is 289 g/mol. The molecule has 0 fully saturated rings. The van der Waals surface area contributed by atoms with Crippen LogP contribution in [0.5, 0.6) is 0 Å². The Morgan fingerprint density at radius 3 is 2.75 bits per heavy atom. The molecule has 0 saturated carbocycles. The molecule has 1 amide bonds. The number of amides is 1. The number of para-hydroxylation sites is 1. The zero-order valence-corrected chi connectivity index (χ0v) is 12.4. The fourth-order valence-corrected chi connectivity index (χ4v) is 2.21. The number of benzene rings is 1. The maximum Gasteiger partial charge on any atom is 0.254 e. The molecule has 1 heterocycles. The third kappa shape index (κ3) is 3.22. The molecule has 0 aliphatic heterocycles. The first kappa shape index (κ1) is 14.7. The van der Waals surface area contributed by atoms with Crippen LogP contribution in [-0.4, -0.2) is 28.0 Å². The van der Waals surface area contributed by atoms with E-state index in [1.807, 2.05) is 35.0 Å². The van der Waals surface area contributed by atoms with Crippen LogP contribution in [0.4, 0.5) is 0 Å². The summed E-state index contributed by atoms with van der Waals surface area (Å²) in [5.41, 5.74) is 2.58. The van der Waals surface area contributed by atoms with Crippen LogP contribution in [0.2, 0.25) is 0 Å². The number of rotatable bonds is 6. The van der Waals surface area contributed by atoms with Crippen molar-refractivity contribution in [3.63, 3.8) is 0 Å². The lowest BCUT2D eigenvalue weighted by Gasteiger charge is -2.09. The number of thiol groups is 1. The van der Waals surface area contributed by atoms with Crippen molar-refractivity contribution in [1.29, 1.82) is 0 Å². The topological polar surface area (TPSA) is 46.9 Å². The van der Waals surface area contributed by atoms with Crippen LogP contribution in [0, 0.1) is 0 Å². The lowest BCUT2D eigenvalue weighted by Crippen LogP contribution is -2.26. The molecule has 5 heteroatoms. The van der Waals surface area contributed by atoms with Gasteiger partial charge in [0, 0.05) is 12.3 Å².